The van der Waals surface area contributed by atoms with Gasteiger partial charge in [-0.3, -0.25) is 14.2 Å². The van der Waals surface area contributed by atoms with Gasteiger partial charge in [-0.05, 0) is 37.6 Å². The predicted molar refractivity (Wildman–Crippen MR) is 96.3 cm³/mol. The van der Waals surface area contributed by atoms with Crippen molar-refractivity contribution in [3.05, 3.63) is 69.7 Å². The van der Waals surface area contributed by atoms with Gasteiger partial charge in [-0.25, -0.2) is 4.79 Å². The van der Waals surface area contributed by atoms with Crippen LogP contribution in [0.5, 0.6) is 0 Å². The maximum absolute atomic E-state index is 12.2. The van der Waals surface area contributed by atoms with E-state index in [-0.39, 0.29) is 25.4 Å². The first-order chi connectivity index (χ1) is 12.5. The lowest BCUT2D eigenvalue weighted by Gasteiger charge is -2.08. The van der Waals surface area contributed by atoms with E-state index in [4.69, 9.17) is 9.15 Å². The van der Waals surface area contributed by atoms with Crippen LogP contribution in [0.3, 0.4) is 0 Å². The summed E-state index contributed by atoms with van der Waals surface area (Å²) >= 11 is 0. The normalized spacial score (nSPS) is 10.8. The number of Topliss-reactive ketones (excluding diaryl/α,β-unsaturated/α-hetero) is 1. The highest BCUT2D eigenvalue weighted by Crippen LogP contribution is 2.13. The number of ether oxygens (including phenoxy) is 1. The number of oxazole rings is 1. The van der Waals surface area contributed by atoms with E-state index < -0.39 is 11.7 Å². The number of ketones is 1. The highest BCUT2D eigenvalue weighted by molar-refractivity contribution is 5.99. The molecule has 0 atom stereocenters. The largest absolute Gasteiger partial charge is 0.457 e. The number of para-hydroxylation sites is 2. The lowest BCUT2D eigenvalue weighted by atomic mass is 10.0. The van der Waals surface area contributed by atoms with Gasteiger partial charge in [0.15, 0.2) is 12.2 Å². The van der Waals surface area contributed by atoms with Gasteiger partial charge >= 0.3 is 11.7 Å². The Bertz CT molecular complexity index is 1030. The zero-order valence-corrected chi connectivity index (χ0v) is 14.7. The van der Waals surface area contributed by atoms with E-state index in [1.54, 1.807) is 30.3 Å². The molecule has 134 valence electrons. The van der Waals surface area contributed by atoms with E-state index in [2.05, 4.69) is 0 Å². The molecule has 0 saturated carbocycles. The maximum Gasteiger partial charge on any atom is 0.419 e. The van der Waals surface area contributed by atoms with Crippen molar-refractivity contribution in [2.24, 2.45) is 0 Å². The number of nitrogens with zero attached hydrogens (tertiary/aromatic N) is 1. The number of hydrogen-bond donors (Lipinski definition) is 0. The van der Waals surface area contributed by atoms with Gasteiger partial charge in [-0.15, -0.1) is 0 Å². The molecule has 0 saturated heterocycles. The molecule has 0 radical (unpaired) electrons. The number of carbonyl (C=O) groups is 2. The van der Waals surface area contributed by atoms with Gasteiger partial charge in [0.05, 0.1) is 11.9 Å². The first kappa shape index (κ1) is 17.7. The number of aryl methyl sites for hydroxylation is 3. The fourth-order valence-corrected chi connectivity index (χ4v) is 2.76. The van der Waals surface area contributed by atoms with Crippen LogP contribution in [0.2, 0.25) is 0 Å². The van der Waals surface area contributed by atoms with Crippen molar-refractivity contribution in [3.8, 4) is 0 Å². The molecule has 0 aliphatic heterocycles. The zero-order valence-electron chi connectivity index (χ0n) is 14.7. The van der Waals surface area contributed by atoms with Crippen LogP contribution in [-0.2, 0) is 16.1 Å². The van der Waals surface area contributed by atoms with Gasteiger partial charge in [-0.2, -0.15) is 0 Å². The van der Waals surface area contributed by atoms with Crippen molar-refractivity contribution in [2.45, 2.75) is 26.8 Å². The summed E-state index contributed by atoms with van der Waals surface area (Å²) in [5.41, 5.74) is 3.45. The summed E-state index contributed by atoms with van der Waals surface area (Å²) in [6.45, 7) is 3.55. The second kappa shape index (κ2) is 7.39. The molecule has 3 rings (SSSR count). The Labute approximate surface area is 150 Å². The van der Waals surface area contributed by atoms with E-state index in [0.717, 1.165) is 11.1 Å². The lowest BCUT2D eigenvalue weighted by molar-refractivity contribution is -0.142. The monoisotopic (exact) mass is 353 g/mol. The molecular weight excluding hydrogens is 334 g/mol. The van der Waals surface area contributed by atoms with Crippen LogP contribution < -0.4 is 5.76 Å². The molecule has 0 aliphatic rings. The van der Waals surface area contributed by atoms with E-state index in [0.29, 0.717) is 16.7 Å². The zero-order chi connectivity index (χ0) is 18.7. The Kier molecular flexibility index (Phi) is 5.02. The average Bonchev–Trinajstić information content (AvgIpc) is 2.95. The van der Waals surface area contributed by atoms with Gasteiger partial charge in [-0.1, -0.05) is 29.8 Å². The van der Waals surface area contributed by atoms with E-state index in [1.807, 2.05) is 26.0 Å². The molecule has 6 nitrogen and oxygen atoms in total. The van der Waals surface area contributed by atoms with Crippen molar-refractivity contribution < 1.29 is 18.7 Å². The molecule has 0 aliphatic carbocycles. The van der Waals surface area contributed by atoms with Crippen molar-refractivity contribution in [1.29, 1.82) is 0 Å². The van der Waals surface area contributed by atoms with E-state index in [9.17, 15) is 14.4 Å². The van der Waals surface area contributed by atoms with Gasteiger partial charge in [0.2, 0.25) is 5.78 Å². The molecular formula is C20H19NO5. The van der Waals surface area contributed by atoms with E-state index in [1.165, 1.54) is 4.57 Å². The highest BCUT2D eigenvalue weighted by atomic mass is 16.5. The number of aromatic nitrogens is 1. The molecule has 0 amide bonds. The predicted octanol–water partition coefficient (Wildman–Crippen LogP) is 3.03. The van der Waals surface area contributed by atoms with Crippen LogP contribution in [0.15, 0.2) is 51.7 Å². The molecule has 0 unspecified atom stereocenters. The Hall–Kier alpha value is -3.15. The fourth-order valence-electron chi connectivity index (χ4n) is 2.76. The van der Waals surface area contributed by atoms with Crippen molar-refractivity contribution in [1.82, 2.24) is 4.57 Å². The summed E-state index contributed by atoms with van der Waals surface area (Å²) in [4.78, 5) is 36.1. The SMILES string of the molecule is Cc1ccc(C)c(C(=O)COC(=O)CCn2c(=O)oc3ccccc32)c1. The minimum Gasteiger partial charge on any atom is -0.457 e. The third-order valence-electron chi connectivity index (χ3n) is 4.17. The molecule has 1 aromatic heterocycles. The summed E-state index contributed by atoms with van der Waals surface area (Å²) < 4.78 is 11.6. The minimum absolute atomic E-state index is 0.0243. The second-order valence-corrected chi connectivity index (χ2v) is 6.14. The summed E-state index contributed by atoms with van der Waals surface area (Å²) in [5.74, 6) is -1.31. The molecule has 2 aromatic carbocycles. The number of rotatable bonds is 6. The lowest BCUT2D eigenvalue weighted by Crippen LogP contribution is -2.19. The number of hydrogen-bond acceptors (Lipinski definition) is 5. The first-order valence-corrected chi connectivity index (χ1v) is 8.30. The molecule has 6 heteroatoms. The highest BCUT2D eigenvalue weighted by Gasteiger charge is 2.14. The molecule has 0 N–H and O–H groups in total. The van der Waals surface area contributed by atoms with Gasteiger partial charge in [0.1, 0.15) is 0 Å². The van der Waals surface area contributed by atoms with Crippen LogP contribution in [0, 0.1) is 13.8 Å². The molecule has 0 spiro atoms. The Morgan fingerprint density at radius 1 is 1.12 bits per heavy atom. The van der Waals surface area contributed by atoms with Crippen LogP contribution in [-0.4, -0.2) is 22.9 Å². The van der Waals surface area contributed by atoms with Gasteiger partial charge in [0.25, 0.3) is 0 Å². The van der Waals surface area contributed by atoms with Crippen LogP contribution in [0.25, 0.3) is 11.1 Å². The van der Waals surface area contributed by atoms with Crippen molar-refractivity contribution in [3.63, 3.8) is 0 Å². The third kappa shape index (κ3) is 3.74. The smallest absolute Gasteiger partial charge is 0.419 e. The summed E-state index contributed by atoms with van der Waals surface area (Å²) in [5, 5.41) is 0. The Morgan fingerprint density at radius 2 is 1.88 bits per heavy atom. The molecule has 3 aromatic rings. The molecule has 0 fully saturated rings. The maximum atomic E-state index is 12.2. The van der Waals surface area contributed by atoms with Crippen LogP contribution >= 0.6 is 0 Å². The van der Waals surface area contributed by atoms with E-state index >= 15 is 0 Å². The quantitative estimate of drug-likeness (QED) is 0.503. The topological polar surface area (TPSA) is 78.5 Å². The second-order valence-electron chi connectivity index (χ2n) is 6.14. The molecule has 1 heterocycles. The fraction of sp³-hybridized carbons (Fsp3) is 0.250. The standard InChI is InChI=1S/C20H19NO5/c1-13-7-8-14(2)15(11-13)17(22)12-25-19(23)9-10-21-16-5-3-4-6-18(16)26-20(21)24/h3-8,11H,9-10,12H2,1-2H3. The molecule has 0 bridgehead atoms. The summed E-state index contributed by atoms with van der Waals surface area (Å²) in [7, 11) is 0. The average molecular weight is 353 g/mol. The number of esters is 1. The Balaban J connectivity index is 1.59. The van der Waals surface area contributed by atoms with Gasteiger partial charge in [0, 0.05) is 12.1 Å². The van der Waals surface area contributed by atoms with Gasteiger partial charge < -0.3 is 9.15 Å². The molecule has 26 heavy (non-hydrogen) atoms. The summed E-state index contributed by atoms with van der Waals surface area (Å²) in [6.07, 6.45) is -0.0243. The summed E-state index contributed by atoms with van der Waals surface area (Å²) in [6, 6.07) is 12.6. The van der Waals surface area contributed by atoms with Crippen LogP contribution in [0.1, 0.15) is 27.9 Å². The third-order valence-corrected chi connectivity index (χ3v) is 4.17. The minimum atomic E-state index is -0.541. The Morgan fingerprint density at radius 3 is 2.69 bits per heavy atom. The number of benzene rings is 2. The first-order valence-electron chi connectivity index (χ1n) is 8.30. The number of carbonyl (C=O) groups excluding carboxylic acids is 2. The van der Waals surface area contributed by atoms with Crippen LogP contribution in [0.4, 0.5) is 0 Å². The van der Waals surface area contributed by atoms with Crippen molar-refractivity contribution >= 4 is 22.9 Å². The number of fused-ring (bicyclic) bond motifs is 1. The van der Waals surface area contributed by atoms with Crippen molar-refractivity contribution in [2.75, 3.05) is 6.61 Å².